The zero-order valence-electron chi connectivity index (χ0n) is 16.0. The number of aryl methyl sites for hydroxylation is 2. The van der Waals surface area contributed by atoms with Crippen molar-refractivity contribution in [3.05, 3.63) is 83.3 Å². The van der Waals surface area contributed by atoms with Crippen LogP contribution in [0.1, 0.15) is 23.7 Å². The number of rotatable bonds is 3. The highest BCUT2D eigenvalue weighted by atomic mass is 35.5. The molecule has 0 radical (unpaired) electrons. The molecular weight excluding hydrogens is 382 g/mol. The molecule has 6 heteroatoms. The van der Waals surface area contributed by atoms with Crippen molar-refractivity contribution >= 4 is 17.3 Å². The van der Waals surface area contributed by atoms with E-state index in [0.717, 1.165) is 40.6 Å². The number of halogens is 1. The molecule has 1 N–H and O–H groups in total. The molecule has 1 atom stereocenters. The van der Waals surface area contributed by atoms with Gasteiger partial charge in [0.05, 0.1) is 17.4 Å². The quantitative estimate of drug-likeness (QED) is 0.490. The monoisotopic (exact) mass is 401 g/mol. The summed E-state index contributed by atoms with van der Waals surface area (Å²) >= 11 is 6.06. The van der Waals surface area contributed by atoms with Crippen LogP contribution >= 0.6 is 11.6 Å². The van der Waals surface area contributed by atoms with Crippen molar-refractivity contribution in [2.75, 3.05) is 5.32 Å². The summed E-state index contributed by atoms with van der Waals surface area (Å²) in [7, 11) is 0. The number of anilines is 1. The molecule has 2 aromatic heterocycles. The van der Waals surface area contributed by atoms with Crippen molar-refractivity contribution in [1.29, 1.82) is 0 Å². The molecule has 2 aromatic carbocycles. The van der Waals surface area contributed by atoms with Gasteiger partial charge in [-0.05, 0) is 72.5 Å². The first-order valence-corrected chi connectivity index (χ1v) is 10.0. The minimum absolute atomic E-state index is 0.147. The Morgan fingerprint density at radius 2 is 1.79 bits per heavy atom. The van der Waals surface area contributed by atoms with Crippen LogP contribution in [0.25, 0.3) is 22.4 Å². The second kappa shape index (κ2) is 7.33. The van der Waals surface area contributed by atoms with Crippen molar-refractivity contribution in [2.24, 2.45) is 0 Å². The van der Waals surface area contributed by atoms with E-state index in [1.54, 1.807) is 0 Å². The molecule has 29 heavy (non-hydrogen) atoms. The molecular formula is C23H20ClN5. The van der Waals surface area contributed by atoms with Gasteiger partial charge in [0.25, 0.3) is 0 Å². The standard InChI is InChI=1S/C23H20ClN5/c1-15-23-20-7-2-17(16-8-11-25-12-9-16)14-21(20)22(10-13-29(23)28-27-15)26-19-5-3-18(24)4-6-19/h2-9,11-12,14,22,26H,10,13H2,1H3. The lowest BCUT2D eigenvalue weighted by atomic mass is 9.92. The van der Waals surface area contributed by atoms with Crippen molar-refractivity contribution in [3.8, 4) is 22.4 Å². The normalized spacial score (nSPS) is 15.3. The fourth-order valence-corrected chi connectivity index (χ4v) is 4.11. The molecule has 3 heterocycles. The molecule has 0 saturated heterocycles. The Kier molecular flexibility index (Phi) is 4.52. The smallest absolute Gasteiger partial charge is 0.0918 e. The minimum atomic E-state index is 0.147. The van der Waals surface area contributed by atoms with Crippen LogP contribution in [0.15, 0.2) is 67.0 Å². The van der Waals surface area contributed by atoms with E-state index in [1.165, 1.54) is 16.7 Å². The third-order valence-corrected chi connectivity index (χ3v) is 5.67. The van der Waals surface area contributed by atoms with Crippen LogP contribution in [-0.2, 0) is 6.54 Å². The van der Waals surface area contributed by atoms with Crippen molar-refractivity contribution in [3.63, 3.8) is 0 Å². The summed E-state index contributed by atoms with van der Waals surface area (Å²) in [5, 5.41) is 13.1. The Balaban J connectivity index is 1.63. The Labute approximate surface area is 174 Å². The Morgan fingerprint density at radius 1 is 1.00 bits per heavy atom. The zero-order valence-corrected chi connectivity index (χ0v) is 16.8. The van der Waals surface area contributed by atoms with Gasteiger partial charge < -0.3 is 5.32 Å². The summed E-state index contributed by atoms with van der Waals surface area (Å²) in [5.41, 5.74) is 7.85. The van der Waals surface area contributed by atoms with E-state index in [2.05, 4.69) is 38.8 Å². The molecule has 0 amide bonds. The lowest BCUT2D eigenvalue weighted by molar-refractivity contribution is 0.539. The molecule has 0 spiro atoms. The Bertz CT molecular complexity index is 1150. The van der Waals surface area contributed by atoms with Gasteiger partial charge in [-0.15, -0.1) is 5.10 Å². The third-order valence-electron chi connectivity index (χ3n) is 5.41. The molecule has 5 rings (SSSR count). The zero-order chi connectivity index (χ0) is 19.8. The topological polar surface area (TPSA) is 55.6 Å². The number of nitrogens with one attached hydrogen (secondary N) is 1. The molecule has 144 valence electrons. The number of hydrogen-bond donors (Lipinski definition) is 1. The summed E-state index contributed by atoms with van der Waals surface area (Å²) < 4.78 is 2.02. The highest BCUT2D eigenvalue weighted by Gasteiger charge is 2.25. The van der Waals surface area contributed by atoms with Gasteiger partial charge in [-0.2, -0.15) is 0 Å². The largest absolute Gasteiger partial charge is 0.378 e. The number of pyridine rings is 1. The molecule has 0 saturated carbocycles. The van der Waals surface area contributed by atoms with Crippen molar-refractivity contribution in [1.82, 2.24) is 20.0 Å². The lowest BCUT2D eigenvalue weighted by Crippen LogP contribution is -2.12. The van der Waals surface area contributed by atoms with Crippen LogP contribution in [0.5, 0.6) is 0 Å². The molecule has 4 aromatic rings. The first kappa shape index (κ1) is 17.9. The number of fused-ring (bicyclic) bond motifs is 3. The average molecular weight is 402 g/mol. The number of hydrogen-bond acceptors (Lipinski definition) is 4. The molecule has 1 aliphatic rings. The maximum Gasteiger partial charge on any atom is 0.0918 e. The predicted molar refractivity (Wildman–Crippen MR) is 116 cm³/mol. The van der Waals surface area contributed by atoms with E-state index in [1.807, 2.05) is 60.4 Å². The average Bonchev–Trinajstić information content (AvgIpc) is 3.05. The van der Waals surface area contributed by atoms with Crippen LogP contribution in [0.3, 0.4) is 0 Å². The minimum Gasteiger partial charge on any atom is -0.378 e. The molecule has 0 fully saturated rings. The summed E-state index contributed by atoms with van der Waals surface area (Å²) in [4.78, 5) is 4.14. The molecule has 1 unspecified atom stereocenters. The van der Waals surface area contributed by atoms with Gasteiger partial charge in [0.1, 0.15) is 0 Å². The van der Waals surface area contributed by atoms with Gasteiger partial charge in [0, 0.05) is 35.2 Å². The molecule has 0 bridgehead atoms. The van der Waals surface area contributed by atoms with Crippen LogP contribution in [-0.4, -0.2) is 20.0 Å². The molecule has 0 aliphatic carbocycles. The van der Waals surface area contributed by atoms with Gasteiger partial charge in [-0.3, -0.25) is 4.98 Å². The number of nitrogens with zero attached hydrogens (tertiary/aromatic N) is 4. The van der Waals surface area contributed by atoms with Crippen molar-refractivity contribution in [2.45, 2.75) is 25.9 Å². The summed E-state index contributed by atoms with van der Waals surface area (Å²) in [6, 6.07) is 18.7. The highest BCUT2D eigenvalue weighted by Crippen LogP contribution is 2.39. The summed E-state index contributed by atoms with van der Waals surface area (Å²) in [6.07, 6.45) is 4.56. The summed E-state index contributed by atoms with van der Waals surface area (Å²) in [6.45, 7) is 2.83. The Hall–Kier alpha value is -3.18. The van der Waals surface area contributed by atoms with E-state index in [0.29, 0.717) is 0 Å². The highest BCUT2D eigenvalue weighted by molar-refractivity contribution is 6.30. The number of aromatic nitrogens is 4. The van der Waals surface area contributed by atoms with E-state index in [9.17, 15) is 0 Å². The first-order valence-electron chi connectivity index (χ1n) is 9.66. The van der Waals surface area contributed by atoms with Crippen LogP contribution in [0.2, 0.25) is 5.02 Å². The second-order valence-corrected chi connectivity index (χ2v) is 7.71. The fraction of sp³-hybridized carbons (Fsp3) is 0.174. The Morgan fingerprint density at radius 3 is 2.59 bits per heavy atom. The van der Waals surface area contributed by atoms with Crippen LogP contribution in [0.4, 0.5) is 5.69 Å². The van der Waals surface area contributed by atoms with Gasteiger partial charge >= 0.3 is 0 Å². The molecule has 5 nitrogen and oxygen atoms in total. The van der Waals surface area contributed by atoms with Gasteiger partial charge in [0.2, 0.25) is 0 Å². The van der Waals surface area contributed by atoms with E-state index in [-0.39, 0.29) is 6.04 Å². The van der Waals surface area contributed by atoms with E-state index in [4.69, 9.17) is 11.6 Å². The predicted octanol–water partition coefficient (Wildman–Crippen LogP) is 5.53. The fourth-order valence-electron chi connectivity index (χ4n) is 3.99. The lowest BCUT2D eigenvalue weighted by Gasteiger charge is -2.21. The van der Waals surface area contributed by atoms with Crippen LogP contribution < -0.4 is 5.32 Å². The van der Waals surface area contributed by atoms with E-state index >= 15 is 0 Å². The molecule has 1 aliphatic heterocycles. The maximum atomic E-state index is 6.06. The van der Waals surface area contributed by atoms with Gasteiger partial charge in [-0.25, -0.2) is 4.68 Å². The third kappa shape index (κ3) is 3.38. The van der Waals surface area contributed by atoms with Gasteiger partial charge in [0.15, 0.2) is 0 Å². The van der Waals surface area contributed by atoms with Gasteiger partial charge in [-0.1, -0.05) is 28.9 Å². The van der Waals surface area contributed by atoms with Crippen molar-refractivity contribution < 1.29 is 0 Å². The second-order valence-electron chi connectivity index (χ2n) is 7.28. The first-order chi connectivity index (χ1) is 14.2. The summed E-state index contributed by atoms with van der Waals surface area (Å²) in [5.74, 6) is 0. The van der Waals surface area contributed by atoms with Crippen LogP contribution in [0, 0.1) is 6.92 Å². The number of benzene rings is 2. The maximum absolute atomic E-state index is 6.06. The van der Waals surface area contributed by atoms with E-state index < -0.39 is 0 Å². The SMILES string of the molecule is Cc1nnn2c1-c1ccc(-c3ccncc3)cc1C(Nc1ccc(Cl)cc1)CC2.